The van der Waals surface area contributed by atoms with Gasteiger partial charge in [-0.25, -0.2) is 4.98 Å². The minimum absolute atomic E-state index is 0.0121. The zero-order valence-corrected chi connectivity index (χ0v) is 9.45. The second kappa shape index (κ2) is 5.55. The fourth-order valence-electron chi connectivity index (χ4n) is 1.12. The number of aromatic nitrogens is 1. The molecule has 15 heavy (non-hydrogen) atoms. The summed E-state index contributed by atoms with van der Waals surface area (Å²) in [6.45, 7) is 2.04. The van der Waals surface area contributed by atoms with Crippen LogP contribution in [0.15, 0.2) is 18.3 Å². The zero-order chi connectivity index (χ0) is 11.3. The summed E-state index contributed by atoms with van der Waals surface area (Å²) in [5.41, 5.74) is 0.0121. The molecule has 1 rings (SSSR count). The van der Waals surface area contributed by atoms with Gasteiger partial charge >= 0.3 is 0 Å². The van der Waals surface area contributed by atoms with Crippen LogP contribution in [0.25, 0.3) is 0 Å². The molecule has 1 atom stereocenters. The van der Waals surface area contributed by atoms with Crippen molar-refractivity contribution in [2.75, 3.05) is 17.3 Å². The zero-order valence-electron chi connectivity index (χ0n) is 8.64. The highest BCUT2D eigenvalue weighted by atomic mass is 32.2. The number of rotatable bonds is 5. The maximum Gasteiger partial charge on any atom is 0.287 e. The van der Waals surface area contributed by atoms with Gasteiger partial charge in [-0.1, -0.05) is 0 Å². The molecule has 0 saturated heterocycles. The number of anilines is 1. The molecule has 0 bridgehead atoms. The minimum Gasteiger partial charge on any atom is -0.367 e. The lowest BCUT2D eigenvalue weighted by molar-refractivity contribution is -0.385. The Labute approximate surface area is 92.4 Å². The lowest BCUT2D eigenvalue weighted by Crippen LogP contribution is -2.18. The Bertz CT molecular complexity index is 329. The molecule has 5 nitrogen and oxygen atoms in total. The quantitative estimate of drug-likeness (QED) is 0.616. The number of pyridine rings is 1. The molecule has 1 aromatic heterocycles. The molecule has 0 fully saturated rings. The van der Waals surface area contributed by atoms with Gasteiger partial charge in [-0.15, -0.1) is 0 Å². The van der Waals surface area contributed by atoms with Gasteiger partial charge in [0.2, 0.25) is 0 Å². The van der Waals surface area contributed by atoms with Gasteiger partial charge in [0.1, 0.15) is 12.0 Å². The van der Waals surface area contributed by atoms with Gasteiger partial charge in [-0.05, 0) is 19.2 Å². The molecule has 0 spiro atoms. The molecule has 0 aliphatic carbocycles. The highest BCUT2D eigenvalue weighted by Crippen LogP contribution is 2.13. The van der Waals surface area contributed by atoms with Gasteiger partial charge in [-0.3, -0.25) is 10.1 Å². The third-order valence-corrected chi connectivity index (χ3v) is 2.60. The van der Waals surface area contributed by atoms with Crippen LogP contribution in [0.5, 0.6) is 0 Å². The lowest BCUT2D eigenvalue weighted by atomic mass is 10.3. The van der Waals surface area contributed by atoms with Gasteiger partial charge in [0.15, 0.2) is 0 Å². The van der Waals surface area contributed by atoms with E-state index in [1.165, 1.54) is 12.3 Å². The van der Waals surface area contributed by atoms with E-state index in [1.54, 1.807) is 17.8 Å². The summed E-state index contributed by atoms with van der Waals surface area (Å²) >= 11 is 1.74. The minimum atomic E-state index is -0.456. The Hall–Kier alpha value is -1.30. The highest BCUT2D eigenvalue weighted by Gasteiger charge is 2.06. The second-order valence-corrected chi connectivity index (χ2v) is 4.07. The summed E-state index contributed by atoms with van der Waals surface area (Å²) in [5, 5.41) is 13.5. The molecule has 82 valence electrons. The topological polar surface area (TPSA) is 68.1 Å². The Morgan fingerprint density at radius 1 is 1.67 bits per heavy atom. The molecule has 1 aromatic rings. The summed E-state index contributed by atoms with van der Waals surface area (Å²) in [7, 11) is 0. The Balaban J connectivity index is 2.60. The van der Waals surface area contributed by atoms with Crippen LogP contribution in [0.1, 0.15) is 6.92 Å². The van der Waals surface area contributed by atoms with Crippen molar-refractivity contribution in [3.63, 3.8) is 0 Å². The smallest absolute Gasteiger partial charge is 0.287 e. The predicted octanol–water partition coefficient (Wildman–Crippen LogP) is 2.15. The van der Waals surface area contributed by atoms with Crippen LogP contribution in [0, 0.1) is 10.1 Å². The standard InChI is InChI=1S/C9H13N3O2S/c1-7(6-15-2)11-9-4-3-8(5-10-9)12(13)14/h3-5,7H,6H2,1-2H3,(H,10,11). The molecule has 1 N–H and O–H groups in total. The van der Waals surface area contributed by atoms with Crippen LogP contribution in [0.3, 0.4) is 0 Å². The first kappa shape index (κ1) is 11.8. The molecule has 1 heterocycles. The van der Waals surface area contributed by atoms with E-state index < -0.39 is 4.92 Å². The molecular formula is C9H13N3O2S. The van der Waals surface area contributed by atoms with Crippen molar-refractivity contribution in [3.8, 4) is 0 Å². The van der Waals surface area contributed by atoms with Crippen molar-refractivity contribution >= 4 is 23.3 Å². The van der Waals surface area contributed by atoms with E-state index in [4.69, 9.17) is 0 Å². The largest absolute Gasteiger partial charge is 0.367 e. The Morgan fingerprint density at radius 3 is 2.87 bits per heavy atom. The van der Waals surface area contributed by atoms with Crippen molar-refractivity contribution in [2.24, 2.45) is 0 Å². The summed E-state index contributed by atoms with van der Waals surface area (Å²) in [4.78, 5) is 13.9. The summed E-state index contributed by atoms with van der Waals surface area (Å²) in [6.07, 6.45) is 3.29. The van der Waals surface area contributed by atoms with Crippen molar-refractivity contribution in [1.82, 2.24) is 4.98 Å². The Kier molecular flexibility index (Phi) is 4.36. The predicted molar refractivity (Wildman–Crippen MR) is 62.4 cm³/mol. The van der Waals surface area contributed by atoms with Gasteiger partial charge in [0.25, 0.3) is 5.69 Å². The molecule has 0 radical (unpaired) electrons. The first-order valence-corrected chi connectivity index (χ1v) is 5.88. The SMILES string of the molecule is CSCC(C)Nc1ccc([N+](=O)[O-])cn1. The van der Waals surface area contributed by atoms with Crippen molar-refractivity contribution < 1.29 is 4.92 Å². The number of thioether (sulfide) groups is 1. The van der Waals surface area contributed by atoms with Crippen molar-refractivity contribution in [3.05, 3.63) is 28.4 Å². The fourth-order valence-corrected chi connectivity index (χ4v) is 1.71. The average Bonchev–Trinajstić information content (AvgIpc) is 2.18. The number of nitrogens with zero attached hydrogens (tertiary/aromatic N) is 2. The third kappa shape index (κ3) is 3.75. The molecular weight excluding hydrogens is 214 g/mol. The second-order valence-electron chi connectivity index (χ2n) is 3.16. The molecule has 6 heteroatoms. The lowest BCUT2D eigenvalue weighted by Gasteiger charge is -2.12. The van der Waals surface area contributed by atoms with Crippen molar-refractivity contribution in [1.29, 1.82) is 0 Å². The molecule has 0 amide bonds. The fraction of sp³-hybridized carbons (Fsp3) is 0.444. The van der Waals surface area contributed by atoms with E-state index in [0.717, 1.165) is 5.75 Å². The van der Waals surface area contributed by atoms with Crippen molar-refractivity contribution in [2.45, 2.75) is 13.0 Å². The van der Waals surface area contributed by atoms with Gasteiger partial charge in [0.05, 0.1) is 4.92 Å². The van der Waals surface area contributed by atoms with Gasteiger partial charge in [0, 0.05) is 17.9 Å². The van der Waals surface area contributed by atoms with Crippen LogP contribution < -0.4 is 5.32 Å². The maximum atomic E-state index is 10.4. The normalized spacial score (nSPS) is 12.1. The van der Waals surface area contributed by atoms with Crippen LogP contribution >= 0.6 is 11.8 Å². The van der Waals surface area contributed by atoms with Gasteiger partial charge < -0.3 is 5.32 Å². The summed E-state index contributed by atoms with van der Waals surface area (Å²) in [5.74, 6) is 1.64. The van der Waals surface area contributed by atoms with E-state index >= 15 is 0 Å². The molecule has 0 aliphatic heterocycles. The molecule has 0 aliphatic rings. The molecule has 0 aromatic carbocycles. The van der Waals surface area contributed by atoms with Crippen LogP contribution in [-0.4, -0.2) is 28.0 Å². The molecule has 0 saturated carbocycles. The Morgan fingerprint density at radius 2 is 2.40 bits per heavy atom. The first-order valence-electron chi connectivity index (χ1n) is 4.49. The van der Waals surface area contributed by atoms with Crippen LogP contribution in [0.4, 0.5) is 11.5 Å². The van der Waals surface area contributed by atoms with E-state index in [2.05, 4.69) is 10.3 Å². The highest BCUT2D eigenvalue weighted by molar-refractivity contribution is 7.98. The third-order valence-electron chi connectivity index (χ3n) is 1.77. The van der Waals surface area contributed by atoms with Crippen LogP contribution in [-0.2, 0) is 0 Å². The number of hydrogen-bond acceptors (Lipinski definition) is 5. The number of nitrogens with one attached hydrogen (secondary N) is 1. The molecule has 1 unspecified atom stereocenters. The van der Waals surface area contributed by atoms with E-state index in [9.17, 15) is 10.1 Å². The van der Waals surface area contributed by atoms with E-state index in [0.29, 0.717) is 11.9 Å². The number of hydrogen-bond donors (Lipinski definition) is 1. The summed E-state index contributed by atoms with van der Waals surface area (Å²) in [6, 6.07) is 3.37. The van der Waals surface area contributed by atoms with E-state index in [1.807, 2.05) is 13.2 Å². The first-order chi connectivity index (χ1) is 7.13. The average molecular weight is 227 g/mol. The van der Waals surface area contributed by atoms with E-state index in [-0.39, 0.29) is 5.69 Å². The summed E-state index contributed by atoms with van der Waals surface area (Å²) < 4.78 is 0. The van der Waals surface area contributed by atoms with Gasteiger partial charge in [-0.2, -0.15) is 11.8 Å². The number of nitro groups is 1. The van der Waals surface area contributed by atoms with Crippen LogP contribution in [0.2, 0.25) is 0 Å². The monoisotopic (exact) mass is 227 g/mol. The maximum absolute atomic E-state index is 10.4.